The van der Waals surface area contributed by atoms with Crippen LogP contribution in [0.25, 0.3) is 104 Å². The molecular weight excluding hydrogens is 941 g/mol. The Morgan fingerprint density at radius 3 is 1.68 bits per heavy atom. The lowest BCUT2D eigenvalue weighted by Crippen LogP contribution is -2.29. The number of hydrogen-bond acceptors (Lipinski definition) is 1. The molecule has 364 valence electrons. The third-order valence-electron chi connectivity index (χ3n) is 18.1. The van der Waals surface area contributed by atoms with E-state index in [1.807, 2.05) is 0 Å². The molecule has 0 unspecified atom stereocenters. The Kier molecular flexibility index (Phi) is 8.86. The van der Waals surface area contributed by atoms with E-state index in [1.165, 1.54) is 143 Å². The molecule has 3 aliphatic rings. The largest absolute Gasteiger partial charge is 0.310 e. The number of rotatable bonds is 6. The summed E-state index contributed by atoms with van der Waals surface area (Å²) in [5.74, 6) is 0. The summed E-state index contributed by atoms with van der Waals surface area (Å²) in [7, 11) is 0. The summed E-state index contributed by atoms with van der Waals surface area (Å²) in [6.45, 7) is 4.80. The van der Waals surface area contributed by atoms with Gasteiger partial charge in [-0.2, -0.15) is 0 Å². The molecule has 0 amide bonds. The Hall–Kier alpha value is -9.76. The van der Waals surface area contributed by atoms with Crippen molar-refractivity contribution in [3.8, 4) is 50.2 Å². The van der Waals surface area contributed by atoms with Gasteiger partial charge in [0.2, 0.25) is 0 Å². The van der Waals surface area contributed by atoms with Crippen molar-refractivity contribution in [2.24, 2.45) is 0 Å². The van der Waals surface area contributed by atoms with Crippen LogP contribution in [-0.2, 0) is 10.8 Å². The van der Waals surface area contributed by atoms with Crippen LogP contribution in [0.15, 0.2) is 267 Å². The van der Waals surface area contributed by atoms with Gasteiger partial charge >= 0.3 is 0 Å². The van der Waals surface area contributed by atoms with Crippen LogP contribution in [0.2, 0.25) is 0 Å². The van der Waals surface area contributed by atoms with E-state index in [0.717, 1.165) is 11.4 Å². The molecular formula is C76H50N2. The topological polar surface area (TPSA) is 8.17 Å². The van der Waals surface area contributed by atoms with Gasteiger partial charge in [-0.05, 0) is 148 Å². The van der Waals surface area contributed by atoms with E-state index in [9.17, 15) is 0 Å². The monoisotopic (exact) mass is 990 g/mol. The van der Waals surface area contributed by atoms with E-state index < -0.39 is 5.41 Å². The number of fused-ring (bicyclic) bond motifs is 12. The van der Waals surface area contributed by atoms with Crippen molar-refractivity contribution in [3.05, 3.63) is 300 Å². The van der Waals surface area contributed by atoms with Crippen LogP contribution in [0.1, 0.15) is 47.2 Å². The van der Waals surface area contributed by atoms with Gasteiger partial charge in [0.1, 0.15) is 0 Å². The van der Waals surface area contributed by atoms with Crippen LogP contribution in [0.3, 0.4) is 0 Å². The van der Waals surface area contributed by atoms with Crippen molar-refractivity contribution in [2.45, 2.75) is 24.7 Å². The zero-order valence-corrected chi connectivity index (χ0v) is 43.3. The summed E-state index contributed by atoms with van der Waals surface area (Å²) in [4.78, 5) is 2.54. The number of para-hydroxylation sites is 2. The summed E-state index contributed by atoms with van der Waals surface area (Å²) >= 11 is 0. The van der Waals surface area contributed by atoms with Gasteiger partial charge < -0.3 is 9.47 Å². The second-order valence-electron chi connectivity index (χ2n) is 22.3. The molecule has 2 aliphatic carbocycles. The lowest BCUT2D eigenvalue weighted by molar-refractivity contribution is 0.661. The molecule has 0 fully saturated rings. The van der Waals surface area contributed by atoms with Crippen LogP contribution in [0.4, 0.5) is 17.1 Å². The summed E-state index contributed by atoms with van der Waals surface area (Å²) in [5.41, 5.74) is 24.2. The van der Waals surface area contributed by atoms with Crippen molar-refractivity contribution in [3.63, 3.8) is 0 Å². The van der Waals surface area contributed by atoms with Gasteiger partial charge in [0.15, 0.2) is 0 Å². The molecule has 2 heterocycles. The second kappa shape index (κ2) is 15.9. The quantitative estimate of drug-likeness (QED) is 0.161. The number of nitrogens with zero attached hydrogens (tertiary/aromatic N) is 2. The zero-order valence-electron chi connectivity index (χ0n) is 43.3. The first-order valence-corrected chi connectivity index (χ1v) is 27.4. The molecule has 0 radical (unpaired) electrons. The predicted molar refractivity (Wildman–Crippen MR) is 327 cm³/mol. The molecule has 2 heteroatoms. The normalized spacial score (nSPS) is 14.0. The summed E-state index contributed by atoms with van der Waals surface area (Å²) < 4.78 is 2.59. The molecule has 17 rings (SSSR count). The lowest BCUT2D eigenvalue weighted by atomic mass is 9.65. The van der Waals surface area contributed by atoms with Crippen molar-refractivity contribution in [1.82, 2.24) is 4.57 Å². The Morgan fingerprint density at radius 1 is 0.346 bits per heavy atom. The Bertz CT molecular complexity index is 4810. The summed E-state index contributed by atoms with van der Waals surface area (Å²) in [6, 6.07) is 101. The first-order valence-electron chi connectivity index (χ1n) is 27.4. The average Bonchev–Trinajstić information content (AvgIpc) is 4.12. The Labute approximate surface area is 453 Å². The fourth-order valence-corrected chi connectivity index (χ4v) is 14.8. The maximum atomic E-state index is 2.59. The smallest absolute Gasteiger partial charge is 0.0721 e. The first-order chi connectivity index (χ1) is 38.5. The van der Waals surface area contributed by atoms with E-state index in [2.05, 4.69) is 290 Å². The number of hydrogen-bond donors (Lipinski definition) is 0. The SMILES string of the molecule is CC1(C)c2ccccc2-c2cccc(N(c3ccc(-c4cc5c6ccccc6n6c5c5c4C(c4ccc7ccccc7c4)(c4ccc7ccccc7c4)c4cccc(c4-5)-c4ccccc4-6)cc3)c3cccc4ccccc34)c21. The number of benzene rings is 13. The fraction of sp³-hybridized carbons (Fsp3) is 0.0526. The van der Waals surface area contributed by atoms with Crippen molar-refractivity contribution >= 4 is 71.2 Å². The van der Waals surface area contributed by atoms with Crippen molar-refractivity contribution in [2.75, 3.05) is 4.90 Å². The van der Waals surface area contributed by atoms with E-state index in [1.54, 1.807) is 0 Å². The number of aromatic nitrogens is 1. The highest BCUT2D eigenvalue weighted by molar-refractivity contribution is 6.21. The van der Waals surface area contributed by atoms with Crippen molar-refractivity contribution < 1.29 is 0 Å². The molecule has 1 aliphatic heterocycles. The minimum absolute atomic E-state index is 0.230. The fourth-order valence-electron chi connectivity index (χ4n) is 14.8. The van der Waals surface area contributed by atoms with Crippen LogP contribution in [-0.4, -0.2) is 4.57 Å². The first kappa shape index (κ1) is 43.5. The van der Waals surface area contributed by atoms with Crippen molar-refractivity contribution in [1.29, 1.82) is 0 Å². The molecule has 78 heavy (non-hydrogen) atoms. The van der Waals surface area contributed by atoms with Gasteiger partial charge in [0, 0.05) is 38.4 Å². The standard InChI is InChI=1S/C76H50N2/c1-75(2)64-30-12-9-25-57(64)61-29-17-35-69(72(61)75)77(66-34-15-23-49-20-7-8-24-56(49)66)55-42-38-50(39-43-55)62-46-63-59-27-11-14-33-68(59)78-67-32-13-10-26-58(67)60-28-16-31-65-70(60)71(74(63)78)73(62)76(65,53-40-36-47-18-3-5-21-51(47)44-53)54-41-37-48-19-4-6-22-52(48)45-54/h3-46H,1-2H3. The van der Waals surface area contributed by atoms with Gasteiger partial charge in [-0.15, -0.1) is 0 Å². The Balaban J connectivity index is 0.996. The number of anilines is 3. The molecule has 0 atom stereocenters. The highest BCUT2D eigenvalue weighted by Gasteiger charge is 2.51. The summed E-state index contributed by atoms with van der Waals surface area (Å²) in [6.07, 6.45) is 0. The van der Waals surface area contributed by atoms with Gasteiger partial charge in [-0.3, -0.25) is 0 Å². The minimum atomic E-state index is -0.731. The molecule has 1 aromatic heterocycles. The van der Waals surface area contributed by atoms with Gasteiger partial charge in [-0.25, -0.2) is 0 Å². The van der Waals surface area contributed by atoms with Gasteiger partial charge in [-0.1, -0.05) is 226 Å². The van der Waals surface area contributed by atoms with Crippen LogP contribution in [0, 0.1) is 0 Å². The van der Waals surface area contributed by atoms with Crippen LogP contribution < -0.4 is 4.90 Å². The minimum Gasteiger partial charge on any atom is -0.310 e. The van der Waals surface area contributed by atoms with Crippen LogP contribution >= 0.6 is 0 Å². The maximum absolute atomic E-state index is 2.59. The maximum Gasteiger partial charge on any atom is 0.0721 e. The average molecular weight is 991 g/mol. The Morgan fingerprint density at radius 2 is 0.910 bits per heavy atom. The molecule has 0 bridgehead atoms. The third kappa shape index (κ3) is 5.71. The molecule has 2 nitrogen and oxygen atoms in total. The predicted octanol–water partition coefficient (Wildman–Crippen LogP) is 20.0. The van der Waals surface area contributed by atoms with E-state index in [0.29, 0.717) is 0 Å². The molecule has 13 aromatic carbocycles. The third-order valence-corrected chi connectivity index (χ3v) is 18.1. The molecule has 0 N–H and O–H groups in total. The lowest BCUT2D eigenvalue weighted by Gasteiger charge is -2.36. The molecule has 0 spiro atoms. The summed E-state index contributed by atoms with van der Waals surface area (Å²) in [5, 5.41) is 9.86. The highest BCUT2D eigenvalue weighted by atomic mass is 15.1. The molecule has 14 aromatic rings. The second-order valence-corrected chi connectivity index (χ2v) is 22.3. The highest BCUT2D eigenvalue weighted by Crippen LogP contribution is 2.65. The van der Waals surface area contributed by atoms with E-state index in [4.69, 9.17) is 0 Å². The van der Waals surface area contributed by atoms with E-state index in [-0.39, 0.29) is 5.41 Å². The zero-order chi connectivity index (χ0) is 51.4. The van der Waals surface area contributed by atoms with E-state index >= 15 is 0 Å². The van der Waals surface area contributed by atoms with Crippen LogP contribution in [0.5, 0.6) is 0 Å². The molecule has 0 saturated carbocycles. The van der Waals surface area contributed by atoms with Gasteiger partial charge in [0.25, 0.3) is 0 Å². The van der Waals surface area contributed by atoms with Gasteiger partial charge in [0.05, 0.1) is 33.5 Å². The molecule has 0 saturated heterocycles.